The summed E-state index contributed by atoms with van der Waals surface area (Å²) in [6, 6.07) is -0.00127. The number of nitrogens with one attached hydrogen (secondary N) is 1. The van der Waals surface area contributed by atoms with Crippen LogP contribution in [0.2, 0.25) is 0 Å². The highest BCUT2D eigenvalue weighted by Gasteiger charge is 2.39. The van der Waals surface area contributed by atoms with Crippen LogP contribution in [0.3, 0.4) is 0 Å². The van der Waals surface area contributed by atoms with Gasteiger partial charge in [0.15, 0.2) is 0 Å². The maximum absolute atomic E-state index is 13.7. The third kappa shape index (κ3) is 2.49. The summed E-state index contributed by atoms with van der Waals surface area (Å²) in [5, 5.41) is 7.86. The van der Waals surface area contributed by atoms with Crippen LogP contribution in [0.25, 0.3) is 0 Å². The summed E-state index contributed by atoms with van der Waals surface area (Å²) >= 11 is 0. The first-order valence-corrected chi connectivity index (χ1v) is 8.74. The number of halogens is 1. The number of carbonyl (C=O) groups excluding carboxylic acids is 1. The van der Waals surface area contributed by atoms with E-state index in [2.05, 4.69) is 17.3 Å². The van der Waals surface area contributed by atoms with E-state index in [9.17, 15) is 9.18 Å². The lowest BCUT2D eigenvalue weighted by Gasteiger charge is -2.36. The lowest BCUT2D eigenvalue weighted by molar-refractivity contribution is 0.0738. The number of nitrogens with zero attached hydrogens (tertiary/aromatic N) is 2. The standard InChI is InChI=1S/C18H23FN4O/c1-10-2-4-13-16(8-10)22-23(17(13)20)18(24)12-6-7-21-15-5-3-11(19)9-14(12)15/h3,5,9-10,12,14-15,21H,2,4,6-8,20H2,1H3/t10?,12?,14-,15?/m0/s1. The average Bonchev–Trinajstić information content (AvgIpc) is 2.89. The van der Waals surface area contributed by atoms with Gasteiger partial charge in [-0.3, -0.25) is 4.79 Å². The largest absolute Gasteiger partial charge is 0.383 e. The van der Waals surface area contributed by atoms with E-state index in [-0.39, 0.29) is 29.6 Å². The molecule has 3 unspecified atom stereocenters. The molecule has 128 valence electrons. The van der Waals surface area contributed by atoms with Crippen LogP contribution in [-0.2, 0) is 12.8 Å². The van der Waals surface area contributed by atoms with Gasteiger partial charge in [-0.2, -0.15) is 9.78 Å². The van der Waals surface area contributed by atoms with E-state index in [0.29, 0.717) is 18.2 Å². The molecule has 4 rings (SSSR count). The van der Waals surface area contributed by atoms with Crippen molar-refractivity contribution in [3.05, 3.63) is 35.3 Å². The van der Waals surface area contributed by atoms with Gasteiger partial charge in [-0.05, 0) is 50.3 Å². The molecule has 1 aromatic rings. The van der Waals surface area contributed by atoms with Crippen molar-refractivity contribution in [2.45, 2.75) is 38.6 Å². The lowest BCUT2D eigenvalue weighted by Crippen LogP contribution is -2.48. The van der Waals surface area contributed by atoms with Crippen LogP contribution < -0.4 is 11.1 Å². The molecule has 0 aromatic carbocycles. The SMILES string of the molecule is CC1CCc2c(nn(C(=O)C3CCNC4C=CC(F)=C[C@H]43)c2N)C1. The van der Waals surface area contributed by atoms with Crippen molar-refractivity contribution in [1.29, 1.82) is 0 Å². The summed E-state index contributed by atoms with van der Waals surface area (Å²) in [5.74, 6) is 0.181. The van der Waals surface area contributed by atoms with Crippen LogP contribution in [0.5, 0.6) is 0 Å². The first-order chi connectivity index (χ1) is 11.5. The molecule has 2 heterocycles. The Morgan fingerprint density at radius 2 is 2.29 bits per heavy atom. The zero-order valence-corrected chi connectivity index (χ0v) is 13.8. The van der Waals surface area contributed by atoms with Crippen LogP contribution in [0, 0.1) is 17.8 Å². The second-order valence-electron chi connectivity index (χ2n) is 7.27. The number of hydrogen-bond acceptors (Lipinski definition) is 4. The van der Waals surface area contributed by atoms with Crippen molar-refractivity contribution in [3.63, 3.8) is 0 Å². The van der Waals surface area contributed by atoms with Gasteiger partial charge in [-0.15, -0.1) is 0 Å². The van der Waals surface area contributed by atoms with E-state index in [1.165, 1.54) is 10.8 Å². The molecule has 0 saturated carbocycles. The first kappa shape index (κ1) is 15.6. The van der Waals surface area contributed by atoms with E-state index >= 15 is 0 Å². The monoisotopic (exact) mass is 330 g/mol. The summed E-state index contributed by atoms with van der Waals surface area (Å²) in [6.07, 6.45) is 8.31. The first-order valence-electron chi connectivity index (χ1n) is 8.74. The molecule has 1 saturated heterocycles. The van der Waals surface area contributed by atoms with Crippen LogP contribution in [0.15, 0.2) is 24.1 Å². The fourth-order valence-electron chi connectivity index (χ4n) is 4.22. The number of fused-ring (bicyclic) bond motifs is 2. The van der Waals surface area contributed by atoms with Gasteiger partial charge in [-0.1, -0.05) is 13.0 Å². The molecule has 24 heavy (non-hydrogen) atoms. The molecule has 0 spiro atoms. The molecule has 0 bridgehead atoms. The molecule has 3 N–H and O–H groups in total. The predicted molar refractivity (Wildman–Crippen MR) is 90.2 cm³/mol. The third-order valence-electron chi connectivity index (χ3n) is 5.59. The van der Waals surface area contributed by atoms with Crippen molar-refractivity contribution in [3.8, 4) is 0 Å². The zero-order valence-electron chi connectivity index (χ0n) is 13.8. The fraction of sp³-hybridized carbons (Fsp3) is 0.556. The quantitative estimate of drug-likeness (QED) is 0.828. The Bertz CT molecular complexity index is 736. The number of anilines is 1. The maximum atomic E-state index is 13.7. The van der Waals surface area contributed by atoms with E-state index in [4.69, 9.17) is 5.73 Å². The highest BCUT2D eigenvalue weighted by molar-refractivity contribution is 5.85. The Morgan fingerprint density at radius 1 is 1.46 bits per heavy atom. The van der Waals surface area contributed by atoms with Gasteiger partial charge in [0.25, 0.3) is 5.91 Å². The van der Waals surface area contributed by atoms with Crippen molar-refractivity contribution in [2.75, 3.05) is 12.3 Å². The Labute approximate surface area is 140 Å². The van der Waals surface area contributed by atoms with Crippen molar-refractivity contribution >= 4 is 11.7 Å². The minimum Gasteiger partial charge on any atom is -0.383 e. The van der Waals surface area contributed by atoms with E-state index < -0.39 is 0 Å². The summed E-state index contributed by atoms with van der Waals surface area (Å²) < 4.78 is 15.1. The highest BCUT2D eigenvalue weighted by Crippen LogP contribution is 2.34. The molecule has 0 radical (unpaired) electrons. The maximum Gasteiger partial charge on any atom is 0.252 e. The topological polar surface area (TPSA) is 72.9 Å². The third-order valence-corrected chi connectivity index (χ3v) is 5.59. The van der Waals surface area contributed by atoms with E-state index in [0.717, 1.165) is 37.1 Å². The highest BCUT2D eigenvalue weighted by atomic mass is 19.1. The van der Waals surface area contributed by atoms with Crippen LogP contribution >= 0.6 is 0 Å². The Kier molecular flexibility index (Phi) is 3.79. The number of nitrogens with two attached hydrogens (primary N) is 1. The van der Waals surface area contributed by atoms with Crippen molar-refractivity contribution in [1.82, 2.24) is 15.1 Å². The van der Waals surface area contributed by atoms with Gasteiger partial charge in [-0.25, -0.2) is 4.39 Å². The number of allylic oxidation sites excluding steroid dienone is 2. The fourth-order valence-corrected chi connectivity index (χ4v) is 4.22. The van der Waals surface area contributed by atoms with Crippen molar-refractivity contribution < 1.29 is 9.18 Å². The molecular formula is C18H23FN4O. The van der Waals surface area contributed by atoms with E-state index in [1.54, 1.807) is 12.2 Å². The van der Waals surface area contributed by atoms with Gasteiger partial charge in [0.05, 0.1) is 5.69 Å². The normalized spacial score (nSPS) is 32.0. The second kappa shape index (κ2) is 5.84. The van der Waals surface area contributed by atoms with Crippen LogP contribution in [-0.4, -0.2) is 28.3 Å². The lowest BCUT2D eigenvalue weighted by atomic mass is 9.78. The average molecular weight is 330 g/mol. The number of nitrogen functional groups attached to an aromatic ring is 1. The molecule has 4 atom stereocenters. The molecule has 1 aliphatic heterocycles. The van der Waals surface area contributed by atoms with Gasteiger partial charge >= 0.3 is 0 Å². The molecule has 3 aliphatic rings. The molecule has 2 aliphatic carbocycles. The summed E-state index contributed by atoms with van der Waals surface area (Å²) in [6.45, 7) is 2.93. The van der Waals surface area contributed by atoms with Crippen LogP contribution in [0.4, 0.5) is 10.2 Å². The Hall–Kier alpha value is -1.95. The summed E-state index contributed by atoms with van der Waals surface area (Å²) in [5.41, 5.74) is 8.21. The number of aromatic nitrogens is 2. The zero-order chi connectivity index (χ0) is 16.8. The molecule has 5 nitrogen and oxygen atoms in total. The number of rotatable bonds is 1. The van der Waals surface area contributed by atoms with Crippen LogP contribution in [0.1, 0.15) is 35.8 Å². The van der Waals surface area contributed by atoms with Crippen molar-refractivity contribution in [2.24, 2.45) is 17.8 Å². The Balaban J connectivity index is 1.65. The minimum absolute atomic E-state index is 0.00127. The number of piperidine rings is 1. The predicted octanol–water partition coefficient (Wildman–Crippen LogP) is 2.25. The number of hydrogen-bond donors (Lipinski definition) is 2. The van der Waals surface area contributed by atoms with Gasteiger partial charge in [0, 0.05) is 23.4 Å². The second-order valence-corrected chi connectivity index (χ2v) is 7.27. The van der Waals surface area contributed by atoms with Gasteiger partial charge in [0.1, 0.15) is 11.6 Å². The minimum atomic E-state index is -0.298. The van der Waals surface area contributed by atoms with Gasteiger partial charge in [0.2, 0.25) is 0 Å². The molecule has 1 aromatic heterocycles. The molecule has 1 fully saturated rings. The Morgan fingerprint density at radius 3 is 3.12 bits per heavy atom. The van der Waals surface area contributed by atoms with Gasteiger partial charge < -0.3 is 11.1 Å². The molecule has 6 heteroatoms. The molecule has 0 amide bonds. The van der Waals surface area contributed by atoms with E-state index in [1.807, 2.05) is 0 Å². The summed E-state index contributed by atoms with van der Waals surface area (Å²) in [4.78, 5) is 13.1. The number of carbonyl (C=O) groups is 1. The summed E-state index contributed by atoms with van der Waals surface area (Å²) in [7, 11) is 0. The molecular weight excluding hydrogens is 307 g/mol. The smallest absolute Gasteiger partial charge is 0.252 e.